The summed E-state index contributed by atoms with van der Waals surface area (Å²) < 4.78 is 5.51. The zero-order valence-corrected chi connectivity index (χ0v) is 10.9. The van der Waals surface area contributed by atoms with Crippen LogP contribution in [0.25, 0.3) is 0 Å². The Hall–Kier alpha value is -0.120. The summed E-state index contributed by atoms with van der Waals surface area (Å²) in [5.41, 5.74) is 0. The molecule has 0 aromatic rings. The molecule has 2 atom stereocenters. The van der Waals surface area contributed by atoms with E-state index < -0.39 is 0 Å². The number of ether oxygens (including phenoxy) is 1. The third-order valence-corrected chi connectivity index (χ3v) is 4.39. The predicted octanol–water partition coefficient (Wildman–Crippen LogP) is 1.49. The standard InChI is InChI=1S/C14H26N2O/c1-2-14(15-6-1)10-16(8-12-3-4-12)9-13-5-7-17-11-13/h12-15H,1-11H2. The van der Waals surface area contributed by atoms with E-state index >= 15 is 0 Å². The van der Waals surface area contributed by atoms with Gasteiger partial charge in [-0.15, -0.1) is 0 Å². The summed E-state index contributed by atoms with van der Waals surface area (Å²) in [5.74, 6) is 1.81. The molecule has 2 aliphatic heterocycles. The fourth-order valence-corrected chi connectivity index (χ4v) is 3.21. The van der Waals surface area contributed by atoms with Gasteiger partial charge in [0.05, 0.1) is 6.61 Å². The lowest BCUT2D eigenvalue weighted by Gasteiger charge is -2.27. The second kappa shape index (κ2) is 5.68. The Morgan fingerprint density at radius 3 is 2.53 bits per heavy atom. The molecule has 17 heavy (non-hydrogen) atoms. The molecule has 0 amide bonds. The lowest BCUT2D eigenvalue weighted by Crippen LogP contribution is -2.41. The second-order valence-electron chi connectivity index (χ2n) is 6.18. The van der Waals surface area contributed by atoms with E-state index in [0.717, 1.165) is 31.1 Å². The van der Waals surface area contributed by atoms with Gasteiger partial charge in [-0.1, -0.05) is 0 Å². The zero-order chi connectivity index (χ0) is 11.5. The van der Waals surface area contributed by atoms with E-state index in [9.17, 15) is 0 Å². The maximum atomic E-state index is 5.51. The van der Waals surface area contributed by atoms with Gasteiger partial charge in [0.1, 0.15) is 0 Å². The third kappa shape index (κ3) is 3.67. The van der Waals surface area contributed by atoms with Crippen LogP contribution in [-0.2, 0) is 4.74 Å². The number of rotatable bonds is 6. The molecule has 0 aromatic carbocycles. The largest absolute Gasteiger partial charge is 0.381 e. The first kappa shape index (κ1) is 11.9. The van der Waals surface area contributed by atoms with Gasteiger partial charge < -0.3 is 15.0 Å². The highest BCUT2D eigenvalue weighted by atomic mass is 16.5. The average molecular weight is 238 g/mol. The summed E-state index contributed by atoms with van der Waals surface area (Å²) >= 11 is 0. The minimum atomic E-state index is 0.760. The molecular formula is C14H26N2O. The van der Waals surface area contributed by atoms with E-state index in [4.69, 9.17) is 4.74 Å². The van der Waals surface area contributed by atoms with Crippen LogP contribution < -0.4 is 5.32 Å². The van der Waals surface area contributed by atoms with Gasteiger partial charge in [-0.2, -0.15) is 0 Å². The van der Waals surface area contributed by atoms with Gasteiger partial charge in [0, 0.05) is 32.3 Å². The van der Waals surface area contributed by atoms with E-state index in [-0.39, 0.29) is 0 Å². The minimum Gasteiger partial charge on any atom is -0.381 e. The monoisotopic (exact) mass is 238 g/mol. The van der Waals surface area contributed by atoms with E-state index in [2.05, 4.69) is 10.2 Å². The Kier molecular flexibility index (Phi) is 3.99. The van der Waals surface area contributed by atoms with Crippen molar-refractivity contribution >= 4 is 0 Å². The second-order valence-corrected chi connectivity index (χ2v) is 6.18. The maximum absolute atomic E-state index is 5.51. The first-order valence-corrected chi connectivity index (χ1v) is 7.43. The normalized spacial score (nSPS) is 33.7. The van der Waals surface area contributed by atoms with Gasteiger partial charge in [-0.3, -0.25) is 0 Å². The molecule has 1 N–H and O–H groups in total. The molecule has 3 rings (SSSR count). The molecular weight excluding hydrogens is 212 g/mol. The van der Waals surface area contributed by atoms with Gasteiger partial charge in [0.2, 0.25) is 0 Å². The quantitative estimate of drug-likeness (QED) is 0.759. The van der Waals surface area contributed by atoms with Crippen molar-refractivity contribution in [3.63, 3.8) is 0 Å². The molecule has 0 spiro atoms. The number of nitrogens with one attached hydrogen (secondary N) is 1. The fraction of sp³-hybridized carbons (Fsp3) is 1.00. The van der Waals surface area contributed by atoms with Crippen LogP contribution in [0.2, 0.25) is 0 Å². The van der Waals surface area contributed by atoms with Crippen molar-refractivity contribution in [2.45, 2.75) is 38.1 Å². The summed E-state index contributed by atoms with van der Waals surface area (Å²) in [4.78, 5) is 2.72. The van der Waals surface area contributed by atoms with Gasteiger partial charge >= 0.3 is 0 Å². The summed E-state index contributed by atoms with van der Waals surface area (Å²) in [6, 6.07) is 0.760. The minimum absolute atomic E-state index is 0.760. The van der Waals surface area contributed by atoms with E-state index in [1.54, 1.807) is 0 Å². The Morgan fingerprint density at radius 1 is 1.00 bits per heavy atom. The van der Waals surface area contributed by atoms with Crippen LogP contribution in [0.15, 0.2) is 0 Å². The van der Waals surface area contributed by atoms with Crippen molar-refractivity contribution in [2.24, 2.45) is 11.8 Å². The Labute approximate surface area is 105 Å². The van der Waals surface area contributed by atoms with Crippen LogP contribution in [0, 0.1) is 11.8 Å². The molecule has 3 heteroatoms. The highest BCUT2D eigenvalue weighted by Gasteiger charge is 2.28. The van der Waals surface area contributed by atoms with Gasteiger partial charge in [0.25, 0.3) is 0 Å². The lowest BCUT2D eigenvalue weighted by atomic mass is 10.1. The van der Waals surface area contributed by atoms with Crippen LogP contribution >= 0.6 is 0 Å². The number of hydrogen-bond acceptors (Lipinski definition) is 3. The third-order valence-electron chi connectivity index (χ3n) is 4.39. The van der Waals surface area contributed by atoms with Crippen molar-refractivity contribution in [1.82, 2.24) is 10.2 Å². The van der Waals surface area contributed by atoms with Crippen molar-refractivity contribution < 1.29 is 4.74 Å². The van der Waals surface area contributed by atoms with E-state index in [1.165, 1.54) is 58.3 Å². The average Bonchev–Trinajstić information content (AvgIpc) is 2.82. The smallest absolute Gasteiger partial charge is 0.0507 e. The highest BCUT2D eigenvalue weighted by molar-refractivity contribution is 4.84. The van der Waals surface area contributed by atoms with Crippen LogP contribution in [0.5, 0.6) is 0 Å². The summed E-state index contributed by atoms with van der Waals surface area (Å²) in [6.07, 6.45) is 6.96. The highest BCUT2D eigenvalue weighted by Crippen LogP contribution is 2.30. The zero-order valence-electron chi connectivity index (χ0n) is 10.9. The number of nitrogens with zero attached hydrogens (tertiary/aromatic N) is 1. The fourth-order valence-electron chi connectivity index (χ4n) is 3.21. The molecule has 3 nitrogen and oxygen atoms in total. The van der Waals surface area contributed by atoms with Crippen LogP contribution in [0.3, 0.4) is 0 Å². The van der Waals surface area contributed by atoms with Crippen molar-refractivity contribution in [2.75, 3.05) is 39.4 Å². The van der Waals surface area contributed by atoms with Crippen LogP contribution in [0.1, 0.15) is 32.1 Å². The molecule has 1 saturated carbocycles. The molecule has 3 aliphatic rings. The van der Waals surface area contributed by atoms with Gasteiger partial charge in [0.15, 0.2) is 0 Å². The first-order chi connectivity index (χ1) is 8.40. The maximum Gasteiger partial charge on any atom is 0.0507 e. The molecule has 2 heterocycles. The van der Waals surface area contributed by atoms with Crippen LogP contribution in [-0.4, -0.2) is 50.3 Å². The molecule has 0 radical (unpaired) electrons. The van der Waals surface area contributed by atoms with E-state index in [1.807, 2.05) is 0 Å². The van der Waals surface area contributed by atoms with E-state index in [0.29, 0.717) is 0 Å². The van der Waals surface area contributed by atoms with Gasteiger partial charge in [-0.25, -0.2) is 0 Å². The summed E-state index contributed by atoms with van der Waals surface area (Å²) in [7, 11) is 0. The SMILES string of the molecule is C1CNC(CN(CC2CC2)CC2CCOC2)C1. The lowest BCUT2D eigenvalue weighted by molar-refractivity contribution is 0.160. The molecule has 0 bridgehead atoms. The molecule has 3 fully saturated rings. The Morgan fingerprint density at radius 2 is 1.88 bits per heavy atom. The van der Waals surface area contributed by atoms with Crippen molar-refractivity contribution in [3.05, 3.63) is 0 Å². The molecule has 0 aromatic heterocycles. The molecule has 1 aliphatic carbocycles. The summed E-state index contributed by atoms with van der Waals surface area (Å²) in [5, 5.41) is 3.63. The Balaban J connectivity index is 1.47. The summed E-state index contributed by atoms with van der Waals surface area (Å²) in [6.45, 7) is 7.10. The first-order valence-electron chi connectivity index (χ1n) is 7.43. The number of hydrogen-bond donors (Lipinski definition) is 1. The van der Waals surface area contributed by atoms with Crippen molar-refractivity contribution in [3.8, 4) is 0 Å². The topological polar surface area (TPSA) is 24.5 Å². The van der Waals surface area contributed by atoms with Crippen molar-refractivity contribution in [1.29, 1.82) is 0 Å². The molecule has 2 saturated heterocycles. The molecule has 98 valence electrons. The van der Waals surface area contributed by atoms with Gasteiger partial charge in [-0.05, 0) is 50.5 Å². The predicted molar refractivity (Wildman–Crippen MR) is 69.1 cm³/mol. The Bertz CT molecular complexity index is 212. The molecule has 2 unspecified atom stereocenters. The van der Waals surface area contributed by atoms with Crippen LogP contribution in [0.4, 0.5) is 0 Å².